The van der Waals surface area contributed by atoms with Crippen molar-refractivity contribution in [2.75, 3.05) is 18.9 Å². The van der Waals surface area contributed by atoms with Crippen molar-refractivity contribution in [3.05, 3.63) is 29.8 Å². The summed E-state index contributed by atoms with van der Waals surface area (Å²) in [5, 5.41) is 0. The SMILES string of the molecule is CC(C)COCCCc1cccc(N)c1. The topological polar surface area (TPSA) is 35.2 Å². The minimum absolute atomic E-state index is 0.623. The highest BCUT2D eigenvalue weighted by Crippen LogP contribution is 2.08. The van der Waals surface area contributed by atoms with E-state index in [1.165, 1.54) is 5.56 Å². The van der Waals surface area contributed by atoms with E-state index in [0.717, 1.165) is 31.7 Å². The summed E-state index contributed by atoms with van der Waals surface area (Å²) in [6.07, 6.45) is 2.11. The van der Waals surface area contributed by atoms with Crippen molar-refractivity contribution in [1.29, 1.82) is 0 Å². The minimum Gasteiger partial charge on any atom is -0.399 e. The second kappa shape index (κ2) is 6.46. The number of aryl methyl sites for hydroxylation is 1. The summed E-state index contributed by atoms with van der Waals surface area (Å²) in [6.45, 7) is 6.03. The molecule has 84 valence electrons. The lowest BCUT2D eigenvalue weighted by molar-refractivity contribution is 0.108. The van der Waals surface area contributed by atoms with Gasteiger partial charge in [0.25, 0.3) is 0 Å². The molecule has 15 heavy (non-hydrogen) atoms. The van der Waals surface area contributed by atoms with E-state index in [1.807, 2.05) is 18.2 Å². The number of anilines is 1. The number of rotatable bonds is 6. The van der Waals surface area contributed by atoms with Crippen LogP contribution < -0.4 is 5.73 Å². The number of nitrogens with two attached hydrogens (primary N) is 1. The molecular weight excluding hydrogens is 186 g/mol. The molecule has 0 saturated carbocycles. The van der Waals surface area contributed by atoms with Gasteiger partial charge in [0.15, 0.2) is 0 Å². The zero-order chi connectivity index (χ0) is 11.1. The van der Waals surface area contributed by atoms with Crippen LogP contribution in [0.4, 0.5) is 5.69 Å². The Morgan fingerprint density at radius 3 is 2.80 bits per heavy atom. The lowest BCUT2D eigenvalue weighted by atomic mass is 10.1. The summed E-state index contributed by atoms with van der Waals surface area (Å²) in [6, 6.07) is 8.06. The first-order valence-electron chi connectivity index (χ1n) is 5.60. The van der Waals surface area contributed by atoms with Crippen LogP contribution in [0.25, 0.3) is 0 Å². The van der Waals surface area contributed by atoms with E-state index in [4.69, 9.17) is 10.5 Å². The summed E-state index contributed by atoms with van der Waals surface area (Å²) >= 11 is 0. The molecule has 1 rings (SSSR count). The van der Waals surface area contributed by atoms with Gasteiger partial charge in [-0.2, -0.15) is 0 Å². The van der Waals surface area contributed by atoms with E-state index in [9.17, 15) is 0 Å². The van der Waals surface area contributed by atoms with Crippen molar-refractivity contribution in [3.8, 4) is 0 Å². The molecule has 0 atom stereocenters. The molecule has 2 N–H and O–H groups in total. The molecule has 0 bridgehead atoms. The van der Waals surface area contributed by atoms with Crippen molar-refractivity contribution < 1.29 is 4.74 Å². The van der Waals surface area contributed by atoms with Gasteiger partial charge in [-0.3, -0.25) is 0 Å². The third kappa shape index (κ3) is 5.43. The third-order valence-electron chi connectivity index (χ3n) is 2.16. The molecule has 1 aromatic carbocycles. The first-order valence-corrected chi connectivity index (χ1v) is 5.60. The maximum atomic E-state index is 5.70. The van der Waals surface area contributed by atoms with E-state index < -0.39 is 0 Å². The van der Waals surface area contributed by atoms with E-state index in [0.29, 0.717) is 5.92 Å². The molecular formula is C13H21NO. The predicted molar refractivity (Wildman–Crippen MR) is 64.8 cm³/mol. The smallest absolute Gasteiger partial charge is 0.0488 e. The second-order valence-electron chi connectivity index (χ2n) is 4.32. The molecule has 2 heteroatoms. The van der Waals surface area contributed by atoms with Gasteiger partial charge in [-0.15, -0.1) is 0 Å². The first-order chi connectivity index (χ1) is 7.18. The molecule has 0 aliphatic carbocycles. The van der Waals surface area contributed by atoms with Crippen LogP contribution >= 0.6 is 0 Å². The van der Waals surface area contributed by atoms with Crippen LogP contribution in [0.1, 0.15) is 25.8 Å². The molecule has 2 nitrogen and oxygen atoms in total. The zero-order valence-electron chi connectivity index (χ0n) is 9.70. The number of benzene rings is 1. The molecule has 0 saturated heterocycles. The summed E-state index contributed by atoms with van der Waals surface area (Å²) in [5.74, 6) is 0.623. The molecule has 0 amide bonds. The van der Waals surface area contributed by atoms with Gasteiger partial charge in [0.1, 0.15) is 0 Å². The summed E-state index contributed by atoms with van der Waals surface area (Å²) < 4.78 is 5.52. The van der Waals surface area contributed by atoms with Crippen LogP contribution in [0.2, 0.25) is 0 Å². The first kappa shape index (κ1) is 12.1. The molecule has 0 aliphatic rings. The molecule has 0 unspecified atom stereocenters. The Kier molecular flexibility index (Phi) is 5.19. The van der Waals surface area contributed by atoms with Crippen LogP contribution in [0, 0.1) is 5.92 Å². The summed E-state index contributed by atoms with van der Waals surface area (Å²) in [4.78, 5) is 0. The Morgan fingerprint density at radius 2 is 2.13 bits per heavy atom. The Morgan fingerprint density at radius 1 is 1.33 bits per heavy atom. The molecule has 0 heterocycles. The van der Waals surface area contributed by atoms with Crippen LogP contribution in [-0.2, 0) is 11.2 Å². The monoisotopic (exact) mass is 207 g/mol. The Labute approximate surface area is 92.4 Å². The van der Waals surface area contributed by atoms with Crippen molar-refractivity contribution in [2.45, 2.75) is 26.7 Å². The Hall–Kier alpha value is -1.02. The van der Waals surface area contributed by atoms with Gasteiger partial charge < -0.3 is 10.5 Å². The number of hydrogen-bond donors (Lipinski definition) is 1. The lowest BCUT2D eigenvalue weighted by Gasteiger charge is -2.06. The molecule has 0 radical (unpaired) electrons. The van der Waals surface area contributed by atoms with Crippen LogP contribution in [0.15, 0.2) is 24.3 Å². The van der Waals surface area contributed by atoms with Gasteiger partial charge in [-0.25, -0.2) is 0 Å². The minimum atomic E-state index is 0.623. The number of hydrogen-bond acceptors (Lipinski definition) is 2. The fraction of sp³-hybridized carbons (Fsp3) is 0.538. The molecule has 1 aromatic rings. The van der Waals surface area contributed by atoms with Gasteiger partial charge >= 0.3 is 0 Å². The van der Waals surface area contributed by atoms with Crippen molar-refractivity contribution in [1.82, 2.24) is 0 Å². The van der Waals surface area contributed by atoms with Gasteiger partial charge in [0.05, 0.1) is 0 Å². The van der Waals surface area contributed by atoms with Crippen molar-refractivity contribution >= 4 is 5.69 Å². The van der Waals surface area contributed by atoms with Crippen molar-refractivity contribution in [3.63, 3.8) is 0 Å². The maximum absolute atomic E-state index is 5.70. The maximum Gasteiger partial charge on any atom is 0.0488 e. The molecule has 0 spiro atoms. The lowest BCUT2D eigenvalue weighted by Crippen LogP contribution is -2.04. The molecule has 0 aromatic heterocycles. The van der Waals surface area contributed by atoms with Gasteiger partial charge in [-0.1, -0.05) is 26.0 Å². The normalized spacial score (nSPS) is 10.9. The highest BCUT2D eigenvalue weighted by atomic mass is 16.5. The Bertz CT molecular complexity index is 284. The third-order valence-corrected chi connectivity index (χ3v) is 2.16. The molecule has 0 fully saturated rings. The van der Waals surface area contributed by atoms with E-state index >= 15 is 0 Å². The highest BCUT2D eigenvalue weighted by Gasteiger charge is 1.96. The van der Waals surface area contributed by atoms with Gasteiger partial charge in [0.2, 0.25) is 0 Å². The van der Waals surface area contributed by atoms with E-state index in [2.05, 4.69) is 19.9 Å². The van der Waals surface area contributed by atoms with Crippen LogP contribution in [0.3, 0.4) is 0 Å². The van der Waals surface area contributed by atoms with Gasteiger partial charge in [0, 0.05) is 18.9 Å². The average Bonchev–Trinajstić information content (AvgIpc) is 2.17. The van der Waals surface area contributed by atoms with Crippen molar-refractivity contribution in [2.24, 2.45) is 5.92 Å². The van der Waals surface area contributed by atoms with E-state index in [-0.39, 0.29) is 0 Å². The molecule has 0 aliphatic heterocycles. The average molecular weight is 207 g/mol. The largest absolute Gasteiger partial charge is 0.399 e. The highest BCUT2D eigenvalue weighted by molar-refractivity contribution is 5.40. The van der Waals surface area contributed by atoms with Crippen LogP contribution in [-0.4, -0.2) is 13.2 Å². The number of nitrogen functional groups attached to an aromatic ring is 1. The fourth-order valence-electron chi connectivity index (χ4n) is 1.45. The fourth-order valence-corrected chi connectivity index (χ4v) is 1.45. The number of ether oxygens (including phenoxy) is 1. The summed E-state index contributed by atoms with van der Waals surface area (Å²) in [7, 11) is 0. The predicted octanol–water partition coefficient (Wildman–Crippen LogP) is 2.87. The zero-order valence-corrected chi connectivity index (χ0v) is 9.70. The quantitative estimate of drug-likeness (QED) is 0.575. The summed E-state index contributed by atoms with van der Waals surface area (Å²) in [5.41, 5.74) is 7.84. The second-order valence-corrected chi connectivity index (χ2v) is 4.32. The van der Waals surface area contributed by atoms with Gasteiger partial charge in [-0.05, 0) is 36.5 Å². The van der Waals surface area contributed by atoms with E-state index in [1.54, 1.807) is 0 Å². The standard InChI is InChI=1S/C13H21NO/c1-11(2)10-15-8-4-6-12-5-3-7-13(14)9-12/h3,5,7,9,11H,4,6,8,10,14H2,1-2H3. The van der Waals surface area contributed by atoms with Crippen LogP contribution in [0.5, 0.6) is 0 Å². The Balaban J connectivity index is 2.15.